The molecule has 2 aromatic rings. The maximum absolute atomic E-state index is 13.3. The predicted octanol–water partition coefficient (Wildman–Crippen LogP) is 3.37. The lowest BCUT2D eigenvalue weighted by Gasteiger charge is -2.37. The molecule has 0 bridgehead atoms. The first-order chi connectivity index (χ1) is 18.3. The Morgan fingerprint density at radius 3 is 2.47 bits per heavy atom. The Labute approximate surface area is 224 Å². The molecule has 4 rings (SSSR count). The molecule has 1 unspecified atom stereocenters. The summed E-state index contributed by atoms with van der Waals surface area (Å²) in [5, 5.41) is 2.95. The maximum Gasteiger partial charge on any atom is 0.338 e. The quantitative estimate of drug-likeness (QED) is 0.563. The number of rotatable bonds is 7. The number of carbonyl (C=O) groups is 3. The van der Waals surface area contributed by atoms with Gasteiger partial charge < -0.3 is 19.7 Å². The number of urea groups is 1. The number of aryl methyl sites for hydroxylation is 1. The van der Waals surface area contributed by atoms with E-state index in [1.807, 2.05) is 54.3 Å². The molecule has 0 saturated carbocycles. The normalized spacial score (nSPS) is 18.6. The van der Waals surface area contributed by atoms with Crippen LogP contribution in [0.1, 0.15) is 40.9 Å². The van der Waals surface area contributed by atoms with E-state index < -0.39 is 12.0 Å². The van der Waals surface area contributed by atoms with Crippen molar-refractivity contribution in [3.63, 3.8) is 0 Å². The number of amides is 3. The molecule has 0 radical (unpaired) electrons. The van der Waals surface area contributed by atoms with Crippen LogP contribution in [0.4, 0.5) is 4.79 Å². The van der Waals surface area contributed by atoms with Gasteiger partial charge in [-0.25, -0.2) is 9.59 Å². The summed E-state index contributed by atoms with van der Waals surface area (Å²) in [4.78, 5) is 45.0. The van der Waals surface area contributed by atoms with Crippen LogP contribution in [0, 0.1) is 6.92 Å². The van der Waals surface area contributed by atoms with Crippen LogP contribution in [0.2, 0.25) is 0 Å². The van der Waals surface area contributed by atoms with Gasteiger partial charge in [0.25, 0.3) is 5.91 Å². The zero-order chi connectivity index (χ0) is 27.2. The first kappa shape index (κ1) is 27.2. The topological polar surface area (TPSA) is 91.4 Å². The van der Waals surface area contributed by atoms with Crippen molar-refractivity contribution in [2.24, 2.45) is 0 Å². The van der Waals surface area contributed by atoms with Crippen molar-refractivity contribution in [1.82, 2.24) is 20.0 Å². The molecule has 2 aromatic carbocycles. The fraction of sp³-hybridized carbons (Fsp3) is 0.414. The summed E-state index contributed by atoms with van der Waals surface area (Å²) < 4.78 is 11.0. The molecule has 0 aliphatic carbocycles. The van der Waals surface area contributed by atoms with Gasteiger partial charge >= 0.3 is 12.0 Å². The third-order valence-electron chi connectivity index (χ3n) is 7.07. The second kappa shape index (κ2) is 12.1. The summed E-state index contributed by atoms with van der Waals surface area (Å²) in [5.74, 6) is 0.114. The number of methoxy groups -OCH3 is 1. The predicted molar refractivity (Wildman–Crippen MR) is 144 cm³/mol. The van der Waals surface area contributed by atoms with E-state index in [-0.39, 0.29) is 18.5 Å². The van der Waals surface area contributed by atoms with Gasteiger partial charge in [-0.2, -0.15) is 0 Å². The number of ether oxygens (including phenoxy) is 2. The lowest BCUT2D eigenvalue weighted by molar-refractivity contribution is -0.139. The fourth-order valence-corrected chi connectivity index (χ4v) is 4.96. The van der Waals surface area contributed by atoms with Crippen LogP contribution in [0.3, 0.4) is 0 Å². The van der Waals surface area contributed by atoms with E-state index in [4.69, 9.17) is 9.47 Å². The highest BCUT2D eigenvalue weighted by Crippen LogP contribution is 2.35. The number of benzene rings is 2. The van der Waals surface area contributed by atoms with Crippen LogP contribution >= 0.6 is 0 Å². The smallest absolute Gasteiger partial charge is 0.338 e. The third kappa shape index (κ3) is 5.83. The lowest BCUT2D eigenvalue weighted by atomic mass is 9.93. The van der Waals surface area contributed by atoms with E-state index in [0.717, 1.165) is 18.5 Å². The molecule has 3 amide bonds. The zero-order valence-electron chi connectivity index (χ0n) is 22.5. The van der Waals surface area contributed by atoms with Crippen molar-refractivity contribution >= 4 is 17.9 Å². The molecule has 0 spiro atoms. The number of esters is 1. The van der Waals surface area contributed by atoms with E-state index in [1.54, 1.807) is 27.1 Å². The SMILES string of the molecule is CCOC(=O)C1=C(CN2CCCN(C(=O)c3ccc(C)cc3)CC2)N(C)C(=O)NC1c1ccccc1OC. The number of hydrogen-bond donors (Lipinski definition) is 1. The number of nitrogens with zero attached hydrogens (tertiary/aromatic N) is 3. The highest BCUT2D eigenvalue weighted by molar-refractivity contribution is 5.95. The van der Waals surface area contributed by atoms with Gasteiger partial charge in [-0.1, -0.05) is 35.9 Å². The molecule has 2 aliphatic rings. The van der Waals surface area contributed by atoms with Gasteiger partial charge in [0.15, 0.2) is 0 Å². The molecule has 1 N–H and O–H groups in total. The van der Waals surface area contributed by atoms with Gasteiger partial charge in [0.2, 0.25) is 0 Å². The molecule has 1 fully saturated rings. The van der Waals surface area contributed by atoms with Crippen molar-refractivity contribution in [3.05, 3.63) is 76.5 Å². The molecule has 1 atom stereocenters. The van der Waals surface area contributed by atoms with Gasteiger partial charge in [-0.3, -0.25) is 14.6 Å². The molecule has 2 aliphatic heterocycles. The Hall–Kier alpha value is -3.85. The summed E-state index contributed by atoms with van der Waals surface area (Å²) in [5.41, 5.74) is 3.44. The molecular formula is C29H36N4O5. The molecule has 9 nitrogen and oxygen atoms in total. The lowest BCUT2D eigenvalue weighted by Crippen LogP contribution is -2.49. The van der Waals surface area contributed by atoms with Crippen LogP contribution in [-0.2, 0) is 9.53 Å². The summed E-state index contributed by atoms with van der Waals surface area (Å²) in [6.07, 6.45) is 0.783. The standard InChI is InChI=1S/C29H36N4O5/c1-5-38-28(35)25-23(31(3)29(36)30-26(25)22-9-6-7-10-24(22)37-4)19-32-15-8-16-33(18-17-32)27(34)21-13-11-20(2)12-14-21/h6-7,9-14,26H,5,8,15-19H2,1-4H3,(H,30,36). The summed E-state index contributed by atoms with van der Waals surface area (Å²) >= 11 is 0. The minimum absolute atomic E-state index is 0.0173. The minimum atomic E-state index is -0.713. The highest BCUT2D eigenvalue weighted by Gasteiger charge is 2.38. The third-order valence-corrected chi connectivity index (χ3v) is 7.07. The van der Waals surface area contributed by atoms with Gasteiger partial charge in [0.05, 0.1) is 25.3 Å². The largest absolute Gasteiger partial charge is 0.496 e. The monoisotopic (exact) mass is 520 g/mol. The molecule has 0 aromatic heterocycles. The molecule has 2 heterocycles. The van der Waals surface area contributed by atoms with Gasteiger partial charge in [-0.05, 0) is 38.5 Å². The Kier molecular flexibility index (Phi) is 8.68. The number of likely N-dealkylation sites (N-methyl/N-ethyl adjacent to an activating group) is 1. The molecule has 38 heavy (non-hydrogen) atoms. The van der Waals surface area contributed by atoms with Gasteiger partial charge in [-0.15, -0.1) is 0 Å². The van der Waals surface area contributed by atoms with Crippen molar-refractivity contribution < 1.29 is 23.9 Å². The van der Waals surface area contributed by atoms with E-state index >= 15 is 0 Å². The zero-order valence-corrected chi connectivity index (χ0v) is 22.5. The number of nitrogens with one attached hydrogen (secondary N) is 1. The van der Waals surface area contributed by atoms with Crippen LogP contribution in [0.15, 0.2) is 59.8 Å². The van der Waals surface area contributed by atoms with Crippen molar-refractivity contribution in [1.29, 1.82) is 0 Å². The average Bonchev–Trinajstić information content (AvgIpc) is 3.16. The maximum atomic E-state index is 13.3. The summed E-state index contributed by atoms with van der Waals surface area (Å²) in [6.45, 7) is 6.89. The van der Waals surface area contributed by atoms with Crippen molar-refractivity contribution in [3.8, 4) is 5.75 Å². The van der Waals surface area contributed by atoms with E-state index in [2.05, 4.69) is 10.2 Å². The summed E-state index contributed by atoms with van der Waals surface area (Å²) in [7, 11) is 3.22. The Morgan fingerprint density at radius 1 is 1.03 bits per heavy atom. The van der Waals surface area contributed by atoms with Crippen LogP contribution in [0.5, 0.6) is 5.75 Å². The van der Waals surface area contributed by atoms with Crippen molar-refractivity contribution in [2.75, 3.05) is 53.5 Å². The number of hydrogen-bond acceptors (Lipinski definition) is 6. The highest BCUT2D eigenvalue weighted by atomic mass is 16.5. The van der Waals surface area contributed by atoms with E-state index in [1.165, 1.54) is 4.90 Å². The number of para-hydroxylation sites is 1. The Bertz CT molecular complexity index is 1210. The van der Waals surface area contributed by atoms with E-state index in [0.29, 0.717) is 54.3 Å². The van der Waals surface area contributed by atoms with Crippen LogP contribution in [-0.4, -0.2) is 86.1 Å². The van der Waals surface area contributed by atoms with Crippen molar-refractivity contribution in [2.45, 2.75) is 26.3 Å². The van der Waals surface area contributed by atoms with Gasteiger partial charge in [0.1, 0.15) is 5.75 Å². The molecule has 1 saturated heterocycles. The number of carbonyl (C=O) groups excluding carboxylic acids is 3. The molecule has 202 valence electrons. The summed E-state index contributed by atoms with van der Waals surface area (Å²) in [6, 6.07) is 13.9. The molecule has 9 heteroatoms. The van der Waals surface area contributed by atoms with Gasteiger partial charge in [0, 0.05) is 56.6 Å². The first-order valence-corrected chi connectivity index (χ1v) is 13.0. The average molecular weight is 521 g/mol. The van der Waals surface area contributed by atoms with Crippen LogP contribution in [0.25, 0.3) is 0 Å². The Morgan fingerprint density at radius 2 is 1.76 bits per heavy atom. The Balaban J connectivity index is 1.61. The second-order valence-corrected chi connectivity index (χ2v) is 9.55. The second-order valence-electron chi connectivity index (χ2n) is 9.55. The van der Waals surface area contributed by atoms with Crippen LogP contribution < -0.4 is 10.1 Å². The fourth-order valence-electron chi connectivity index (χ4n) is 4.96. The van der Waals surface area contributed by atoms with E-state index in [9.17, 15) is 14.4 Å². The first-order valence-electron chi connectivity index (χ1n) is 13.0. The minimum Gasteiger partial charge on any atom is -0.496 e. The molecular weight excluding hydrogens is 484 g/mol.